The molecule has 0 saturated carbocycles. The second kappa shape index (κ2) is 4.24. The number of fused-ring (bicyclic) bond motifs is 1. The summed E-state index contributed by atoms with van der Waals surface area (Å²) >= 11 is 0. The number of rotatable bonds is 2. The molecule has 1 unspecified atom stereocenters. The quantitative estimate of drug-likeness (QED) is 0.876. The Balaban J connectivity index is 2.21. The van der Waals surface area contributed by atoms with E-state index in [1.54, 1.807) is 7.11 Å². The van der Waals surface area contributed by atoms with Crippen molar-refractivity contribution in [1.82, 2.24) is 19.9 Å². The number of ether oxygens (including phenoxy) is 1. The van der Waals surface area contributed by atoms with Crippen LogP contribution in [0.3, 0.4) is 0 Å². The average molecular weight is 246 g/mol. The van der Waals surface area contributed by atoms with E-state index in [1.807, 2.05) is 14.0 Å². The Morgan fingerprint density at radius 3 is 2.94 bits per heavy atom. The van der Waals surface area contributed by atoms with E-state index in [9.17, 15) is 0 Å². The van der Waals surface area contributed by atoms with Crippen molar-refractivity contribution in [3.63, 3.8) is 0 Å². The predicted octanol–water partition coefficient (Wildman–Crippen LogP) is 1.71. The molecule has 0 amide bonds. The smallest absolute Gasteiger partial charge is 0.318 e. The minimum absolute atomic E-state index is 0.435. The summed E-state index contributed by atoms with van der Waals surface area (Å²) in [6.45, 7) is 3.11. The number of nitrogens with one attached hydrogen (secondary N) is 1. The molecule has 1 aliphatic rings. The lowest BCUT2D eigenvalue weighted by atomic mass is 10.0. The molecule has 1 aliphatic heterocycles. The van der Waals surface area contributed by atoms with Crippen LogP contribution in [-0.2, 0) is 7.05 Å². The zero-order valence-electron chi connectivity index (χ0n) is 11.0. The normalized spacial score (nSPS) is 19.6. The third-order valence-corrected chi connectivity index (χ3v) is 3.62. The van der Waals surface area contributed by atoms with Crippen molar-refractivity contribution in [1.29, 1.82) is 0 Å². The molecule has 18 heavy (non-hydrogen) atoms. The SMILES string of the molecule is COc1nc(C)c2c(C3CCCN3)cn(C)c2n1. The van der Waals surface area contributed by atoms with E-state index in [2.05, 4.69) is 26.0 Å². The van der Waals surface area contributed by atoms with Crippen molar-refractivity contribution >= 4 is 11.0 Å². The van der Waals surface area contributed by atoms with Crippen LogP contribution in [0.1, 0.15) is 30.1 Å². The van der Waals surface area contributed by atoms with Gasteiger partial charge in [-0.15, -0.1) is 0 Å². The lowest BCUT2D eigenvalue weighted by Gasteiger charge is -2.09. The van der Waals surface area contributed by atoms with Gasteiger partial charge in [0, 0.05) is 24.7 Å². The molecular weight excluding hydrogens is 228 g/mol. The molecule has 5 heteroatoms. The number of aryl methyl sites for hydroxylation is 2. The van der Waals surface area contributed by atoms with E-state index >= 15 is 0 Å². The Bertz CT molecular complexity index is 584. The van der Waals surface area contributed by atoms with Crippen LogP contribution in [0.2, 0.25) is 0 Å². The zero-order chi connectivity index (χ0) is 12.7. The Morgan fingerprint density at radius 1 is 1.44 bits per heavy atom. The highest BCUT2D eigenvalue weighted by Crippen LogP contribution is 2.32. The fourth-order valence-corrected chi connectivity index (χ4v) is 2.77. The maximum Gasteiger partial charge on any atom is 0.318 e. The fraction of sp³-hybridized carbons (Fsp3) is 0.538. The molecule has 1 atom stereocenters. The topological polar surface area (TPSA) is 52.0 Å². The van der Waals surface area contributed by atoms with Crippen LogP contribution in [0.5, 0.6) is 6.01 Å². The highest BCUT2D eigenvalue weighted by molar-refractivity contribution is 5.83. The van der Waals surface area contributed by atoms with Crippen molar-refractivity contribution in [2.45, 2.75) is 25.8 Å². The maximum atomic E-state index is 5.14. The third-order valence-electron chi connectivity index (χ3n) is 3.62. The van der Waals surface area contributed by atoms with Crippen LogP contribution < -0.4 is 10.1 Å². The average Bonchev–Trinajstić information content (AvgIpc) is 2.97. The molecule has 2 aromatic heterocycles. The Labute approximate surface area is 106 Å². The van der Waals surface area contributed by atoms with Crippen LogP contribution in [-0.4, -0.2) is 28.2 Å². The van der Waals surface area contributed by atoms with Gasteiger partial charge < -0.3 is 14.6 Å². The summed E-state index contributed by atoms with van der Waals surface area (Å²) in [6.07, 6.45) is 4.58. The fourth-order valence-electron chi connectivity index (χ4n) is 2.77. The molecule has 3 heterocycles. The second-order valence-corrected chi connectivity index (χ2v) is 4.84. The minimum Gasteiger partial charge on any atom is -0.467 e. The summed E-state index contributed by atoms with van der Waals surface area (Å²) in [6, 6.07) is 0.872. The molecule has 1 N–H and O–H groups in total. The lowest BCUT2D eigenvalue weighted by molar-refractivity contribution is 0.380. The van der Waals surface area contributed by atoms with E-state index in [4.69, 9.17) is 4.74 Å². The van der Waals surface area contributed by atoms with Crippen LogP contribution in [0.15, 0.2) is 6.20 Å². The van der Waals surface area contributed by atoms with Gasteiger partial charge in [-0.2, -0.15) is 9.97 Å². The number of hydrogen-bond donors (Lipinski definition) is 1. The standard InChI is InChI=1S/C13H18N4O/c1-8-11-9(10-5-4-6-14-10)7-17(2)12(11)16-13(15-8)18-3/h7,10,14H,4-6H2,1-3H3. The van der Waals surface area contributed by atoms with Gasteiger partial charge >= 0.3 is 6.01 Å². The van der Waals surface area contributed by atoms with E-state index in [0.29, 0.717) is 12.1 Å². The Hall–Kier alpha value is -1.62. The van der Waals surface area contributed by atoms with Crippen LogP contribution in [0.4, 0.5) is 0 Å². The number of methoxy groups -OCH3 is 1. The molecular formula is C13H18N4O. The number of hydrogen-bond acceptors (Lipinski definition) is 4. The molecule has 2 aromatic rings. The molecule has 0 radical (unpaired) electrons. The summed E-state index contributed by atoms with van der Waals surface area (Å²) < 4.78 is 7.20. The molecule has 0 aromatic carbocycles. The van der Waals surface area contributed by atoms with Gasteiger partial charge in [0.25, 0.3) is 0 Å². The first-order chi connectivity index (χ1) is 8.70. The largest absolute Gasteiger partial charge is 0.467 e. The lowest BCUT2D eigenvalue weighted by Crippen LogP contribution is -2.12. The van der Waals surface area contributed by atoms with Gasteiger partial charge in [0.2, 0.25) is 0 Å². The monoisotopic (exact) mass is 246 g/mol. The van der Waals surface area contributed by atoms with Gasteiger partial charge in [0.05, 0.1) is 12.8 Å². The highest BCUT2D eigenvalue weighted by atomic mass is 16.5. The minimum atomic E-state index is 0.435. The second-order valence-electron chi connectivity index (χ2n) is 4.84. The van der Waals surface area contributed by atoms with Crippen molar-refractivity contribution in [2.24, 2.45) is 7.05 Å². The van der Waals surface area contributed by atoms with E-state index in [-0.39, 0.29) is 0 Å². The van der Waals surface area contributed by atoms with Crippen molar-refractivity contribution in [2.75, 3.05) is 13.7 Å². The van der Waals surface area contributed by atoms with Gasteiger partial charge in [-0.1, -0.05) is 0 Å². The molecule has 0 aliphatic carbocycles. The zero-order valence-corrected chi connectivity index (χ0v) is 11.0. The van der Waals surface area contributed by atoms with Crippen LogP contribution >= 0.6 is 0 Å². The van der Waals surface area contributed by atoms with E-state index in [0.717, 1.165) is 23.3 Å². The van der Waals surface area contributed by atoms with Crippen molar-refractivity contribution in [3.8, 4) is 6.01 Å². The van der Waals surface area contributed by atoms with E-state index < -0.39 is 0 Å². The number of aromatic nitrogens is 3. The van der Waals surface area contributed by atoms with Crippen LogP contribution in [0.25, 0.3) is 11.0 Å². The van der Waals surface area contributed by atoms with Gasteiger partial charge in [-0.3, -0.25) is 0 Å². The van der Waals surface area contributed by atoms with E-state index in [1.165, 1.54) is 18.4 Å². The van der Waals surface area contributed by atoms with Gasteiger partial charge in [-0.25, -0.2) is 0 Å². The molecule has 3 rings (SSSR count). The summed E-state index contributed by atoms with van der Waals surface area (Å²) in [5, 5.41) is 4.70. The summed E-state index contributed by atoms with van der Waals surface area (Å²) in [4.78, 5) is 8.84. The summed E-state index contributed by atoms with van der Waals surface area (Å²) in [7, 11) is 3.62. The maximum absolute atomic E-state index is 5.14. The Kier molecular flexibility index (Phi) is 2.70. The molecule has 0 spiro atoms. The van der Waals surface area contributed by atoms with Crippen LogP contribution in [0, 0.1) is 6.92 Å². The van der Waals surface area contributed by atoms with Gasteiger partial charge in [-0.05, 0) is 31.9 Å². The first-order valence-corrected chi connectivity index (χ1v) is 6.31. The molecule has 5 nitrogen and oxygen atoms in total. The van der Waals surface area contributed by atoms with Crippen molar-refractivity contribution < 1.29 is 4.74 Å². The molecule has 1 saturated heterocycles. The number of nitrogens with zero attached hydrogens (tertiary/aromatic N) is 3. The molecule has 1 fully saturated rings. The highest BCUT2D eigenvalue weighted by Gasteiger charge is 2.23. The van der Waals surface area contributed by atoms with Crippen molar-refractivity contribution in [3.05, 3.63) is 17.5 Å². The predicted molar refractivity (Wildman–Crippen MR) is 69.8 cm³/mol. The van der Waals surface area contributed by atoms with Gasteiger partial charge in [0.15, 0.2) is 0 Å². The Morgan fingerprint density at radius 2 is 2.28 bits per heavy atom. The first kappa shape index (κ1) is 11.5. The summed E-state index contributed by atoms with van der Waals surface area (Å²) in [5.41, 5.74) is 3.24. The molecule has 96 valence electrons. The van der Waals surface area contributed by atoms with Gasteiger partial charge in [0.1, 0.15) is 5.65 Å². The third kappa shape index (κ3) is 1.66. The molecule has 0 bridgehead atoms. The first-order valence-electron chi connectivity index (χ1n) is 6.31. The summed E-state index contributed by atoms with van der Waals surface area (Å²) in [5.74, 6) is 0.